The molecule has 0 aromatic heterocycles. The molecule has 8 heteroatoms. The predicted molar refractivity (Wildman–Crippen MR) is 127 cm³/mol. The fourth-order valence-corrected chi connectivity index (χ4v) is 3.47. The van der Waals surface area contributed by atoms with Crippen molar-refractivity contribution in [1.29, 1.82) is 5.26 Å². The average Bonchev–Trinajstić information content (AvgIpc) is 3.39. The van der Waals surface area contributed by atoms with Crippen molar-refractivity contribution in [2.45, 2.75) is 25.9 Å². The molecule has 8 nitrogen and oxygen atoms in total. The van der Waals surface area contributed by atoms with Gasteiger partial charge in [-0.25, -0.2) is 0 Å². The quantitative estimate of drug-likeness (QED) is 0.289. The first kappa shape index (κ1) is 24.9. The molecule has 0 bridgehead atoms. The average molecular weight is 467 g/mol. The largest absolute Gasteiger partial charge is 0.493 e. The number of nitrogens with one attached hydrogen (secondary N) is 1. The van der Waals surface area contributed by atoms with Gasteiger partial charge in [-0.1, -0.05) is 18.2 Å². The number of rotatable bonds is 12. The van der Waals surface area contributed by atoms with Gasteiger partial charge in [0.05, 0.1) is 19.8 Å². The van der Waals surface area contributed by atoms with E-state index in [0.29, 0.717) is 61.5 Å². The van der Waals surface area contributed by atoms with Crippen molar-refractivity contribution in [3.63, 3.8) is 0 Å². The van der Waals surface area contributed by atoms with Crippen molar-refractivity contribution in [3.05, 3.63) is 53.6 Å². The molecule has 1 aliphatic heterocycles. The number of hydrogen-bond acceptors (Lipinski definition) is 7. The van der Waals surface area contributed by atoms with E-state index < -0.39 is 5.91 Å². The number of amides is 1. The summed E-state index contributed by atoms with van der Waals surface area (Å²) in [7, 11) is 1.59. The van der Waals surface area contributed by atoms with Gasteiger partial charge in [0.15, 0.2) is 23.0 Å². The highest BCUT2D eigenvalue weighted by Gasteiger charge is 2.18. The van der Waals surface area contributed by atoms with E-state index in [1.165, 1.54) is 6.08 Å². The van der Waals surface area contributed by atoms with Crippen LogP contribution >= 0.6 is 0 Å². The van der Waals surface area contributed by atoms with Crippen LogP contribution in [0.2, 0.25) is 0 Å². The van der Waals surface area contributed by atoms with Gasteiger partial charge in [0.25, 0.3) is 5.91 Å². The Bertz CT molecular complexity index is 1020. The number of methoxy groups -OCH3 is 1. The summed E-state index contributed by atoms with van der Waals surface area (Å²) >= 11 is 0. The first-order valence-corrected chi connectivity index (χ1v) is 11.3. The normalized spacial score (nSPS) is 15.3. The van der Waals surface area contributed by atoms with E-state index in [2.05, 4.69) is 5.32 Å². The van der Waals surface area contributed by atoms with Crippen LogP contribution in [0.1, 0.15) is 25.3 Å². The molecule has 1 aliphatic rings. The molecule has 0 aliphatic carbocycles. The second kappa shape index (κ2) is 13.1. The summed E-state index contributed by atoms with van der Waals surface area (Å²) in [6.45, 7) is 4.03. The van der Waals surface area contributed by atoms with Crippen molar-refractivity contribution >= 4 is 12.0 Å². The van der Waals surface area contributed by atoms with Gasteiger partial charge in [0.1, 0.15) is 24.9 Å². The Labute approximate surface area is 200 Å². The summed E-state index contributed by atoms with van der Waals surface area (Å²) in [5.41, 5.74) is 0.671. The smallest absolute Gasteiger partial charge is 0.262 e. The molecule has 0 spiro atoms. The van der Waals surface area contributed by atoms with E-state index in [-0.39, 0.29) is 11.7 Å². The first-order valence-electron chi connectivity index (χ1n) is 11.3. The lowest BCUT2D eigenvalue weighted by molar-refractivity contribution is -0.117. The molecule has 1 atom stereocenters. The highest BCUT2D eigenvalue weighted by Crippen LogP contribution is 2.30. The topological polar surface area (TPSA) is 99.0 Å². The molecule has 1 N–H and O–H groups in total. The molecule has 1 amide bonds. The number of benzene rings is 2. The lowest BCUT2D eigenvalue weighted by atomic mass is 10.1. The number of nitriles is 1. The third-order valence-electron chi connectivity index (χ3n) is 5.13. The van der Waals surface area contributed by atoms with Crippen molar-refractivity contribution in [1.82, 2.24) is 5.32 Å². The second-order valence-corrected chi connectivity index (χ2v) is 7.50. The van der Waals surface area contributed by atoms with E-state index in [4.69, 9.17) is 23.7 Å². The fourth-order valence-electron chi connectivity index (χ4n) is 3.47. The minimum atomic E-state index is -0.426. The molecule has 0 saturated carbocycles. The second-order valence-electron chi connectivity index (χ2n) is 7.50. The van der Waals surface area contributed by atoms with Crippen LogP contribution in [0.3, 0.4) is 0 Å². The summed E-state index contributed by atoms with van der Waals surface area (Å²) in [5.74, 6) is 1.93. The molecule has 2 aromatic carbocycles. The van der Waals surface area contributed by atoms with Crippen LogP contribution in [0, 0.1) is 11.3 Å². The zero-order valence-electron chi connectivity index (χ0n) is 19.5. The van der Waals surface area contributed by atoms with E-state index in [0.717, 1.165) is 12.8 Å². The summed E-state index contributed by atoms with van der Waals surface area (Å²) in [6.07, 6.45) is 3.44. The molecule has 180 valence electrons. The van der Waals surface area contributed by atoms with E-state index in [1.807, 2.05) is 37.3 Å². The van der Waals surface area contributed by atoms with Gasteiger partial charge >= 0.3 is 0 Å². The summed E-state index contributed by atoms with van der Waals surface area (Å²) in [4.78, 5) is 12.4. The lowest BCUT2D eigenvalue weighted by Crippen LogP contribution is -2.32. The number of ether oxygens (including phenoxy) is 5. The van der Waals surface area contributed by atoms with Crippen molar-refractivity contribution in [3.8, 4) is 29.1 Å². The van der Waals surface area contributed by atoms with Gasteiger partial charge in [0.2, 0.25) is 0 Å². The molecular formula is C26H30N2O6. The van der Waals surface area contributed by atoms with Gasteiger partial charge in [-0.2, -0.15) is 5.26 Å². The molecule has 2 aromatic rings. The summed E-state index contributed by atoms with van der Waals surface area (Å²) < 4.78 is 28.1. The highest BCUT2D eigenvalue weighted by molar-refractivity contribution is 6.01. The highest BCUT2D eigenvalue weighted by atomic mass is 16.5. The number of para-hydroxylation sites is 2. The maximum atomic E-state index is 12.4. The Morgan fingerprint density at radius 1 is 1.12 bits per heavy atom. The maximum absolute atomic E-state index is 12.4. The Kier molecular flexibility index (Phi) is 9.62. The summed E-state index contributed by atoms with van der Waals surface area (Å²) in [6, 6.07) is 14.6. The number of carbonyl (C=O) groups excluding carboxylic acids is 1. The van der Waals surface area contributed by atoms with Crippen LogP contribution < -0.4 is 24.3 Å². The molecule has 1 heterocycles. The molecule has 0 radical (unpaired) electrons. The Morgan fingerprint density at radius 2 is 1.85 bits per heavy atom. The van der Waals surface area contributed by atoms with E-state index in [1.54, 1.807) is 25.3 Å². The zero-order chi connectivity index (χ0) is 24.2. The molecular weight excluding hydrogens is 436 g/mol. The zero-order valence-corrected chi connectivity index (χ0v) is 19.5. The third kappa shape index (κ3) is 7.15. The van der Waals surface area contributed by atoms with Crippen LogP contribution in [0.15, 0.2) is 48.0 Å². The molecule has 1 fully saturated rings. The fraction of sp³-hybridized carbons (Fsp3) is 0.385. The standard InChI is InChI=1S/C26H30N2O6/c1-3-31-25-16-19(15-20(17-27)26(29)28-18-21-7-6-12-32-21)10-11-24(25)34-14-13-33-23-9-5-4-8-22(23)30-2/h4-5,8-11,15-16,21H,3,6-7,12-14,18H2,1-2H3,(H,28,29)/b20-15+/t21-/m1/s1. The van der Waals surface area contributed by atoms with Crippen LogP contribution in [0.25, 0.3) is 6.08 Å². The molecule has 3 rings (SSSR count). The maximum Gasteiger partial charge on any atom is 0.262 e. The van der Waals surface area contributed by atoms with Crippen molar-refractivity contribution in [2.24, 2.45) is 0 Å². The minimum absolute atomic E-state index is 0.0110. The SMILES string of the molecule is CCOc1cc(/C=C(\C#N)C(=O)NC[C@H]2CCCO2)ccc1OCCOc1ccccc1OC. The number of hydrogen-bond donors (Lipinski definition) is 1. The van der Waals surface area contributed by atoms with Crippen LogP contribution in [0.4, 0.5) is 0 Å². The Morgan fingerprint density at radius 3 is 2.50 bits per heavy atom. The Hall–Kier alpha value is -3.70. The monoisotopic (exact) mass is 466 g/mol. The van der Waals surface area contributed by atoms with Crippen LogP contribution in [-0.4, -0.2) is 52.1 Å². The number of carbonyl (C=O) groups is 1. The molecule has 0 unspecified atom stereocenters. The van der Waals surface area contributed by atoms with E-state index in [9.17, 15) is 10.1 Å². The first-order chi connectivity index (χ1) is 16.6. The van der Waals surface area contributed by atoms with Crippen LogP contribution in [0.5, 0.6) is 23.0 Å². The van der Waals surface area contributed by atoms with Crippen molar-refractivity contribution in [2.75, 3.05) is 40.1 Å². The van der Waals surface area contributed by atoms with Gasteiger partial charge in [-0.15, -0.1) is 0 Å². The lowest BCUT2D eigenvalue weighted by Gasteiger charge is -2.14. The molecule has 34 heavy (non-hydrogen) atoms. The minimum Gasteiger partial charge on any atom is -0.493 e. The van der Waals surface area contributed by atoms with Gasteiger partial charge in [-0.3, -0.25) is 4.79 Å². The van der Waals surface area contributed by atoms with Gasteiger partial charge in [0, 0.05) is 13.2 Å². The predicted octanol–water partition coefficient (Wildman–Crippen LogP) is 3.75. The van der Waals surface area contributed by atoms with Gasteiger partial charge < -0.3 is 29.0 Å². The van der Waals surface area contributed by atoms with Gasteiger partial charge in [-0.05, 0) is 55.7 Å². The number of nitrogens with zero attached hydrogens (tertiary/aromatic N) is 1. The summed E-state index contributed by atoms with van der Waals surface area (Å²) in [5, 5.41) is 12.2. The van der Waals surface area contributed by atoms with E-state index >= 15 is 0 Å². The molecule has 1 saturated heterocycles. The third-order valence-corrected chi connectivity index (χ3v) is 5.13. The van der Waals surface area contributed by atoms with Crippen molar-refractivity contribution < 1.29 is 28.5 Å². The Balaban J connectivity index is 1.60. The van der Waals surface area contributed by atoms with Crippen LogP contribution in [-0.2, 0) is 9.53 Å².